The van der Waals surface area contributed by atoms with Gasteiger partial charge in [0.25, 0.3) is 0 Å². The number of nitrogens with one attached hydrogen (secondary N) is 1. The molecule has 1 N–H and O–H groups in total. The first kappa shape index (κ1) is 24.9. The second kappa shape index (κ2) is 11.1. The molecule has 0 atom stereocenters. The van der Waals surface area contributed by atoms with Crippen LogP contribution in [0.2, 0.25) is 0 Å². The lowest BCUT2D eigenvalue weighted by Gasteiger charge is -2.32. The summed E-state index contributed by atoms with van der Waals surface area (Å²) in [4.78, 5) is 19.5. The second-order valence-corrected chi connectivity index (χ2v) is 10.7. The molecule has 0 bridgehead atoms. The molecule has 186 valence electrons. The van der Waals surface area contributed by atoms with Crippen molar-refractivity contribution in [3.05, 3.63) is 42.1 Å². The van der Waals surface area contributed by atoms with Gasteiger partial charge >= 0.3 is 0 Å². The lowest BCUT2D eigenvalue weighted by molar-refractivity contribution is -0.120. The van der Waals surface area contributed by atoms with Crippen molar-refractivity contribution < 1.29 is 17.9 Å². The molecule has 0 unspecified atom stereocenters. The van der Waals surface area contributed by atoms with Gasteiger partial charge < -0.3 is 15.0 Å². The summed E-state index contributed by atoms with van der Waals surface area (Å²) >= 11 is 0. The number of hydrogen-bond donors (Lipinski definition) is 1. The molecule has 2 aromatic rings. The average Bonchev–Trinajstić information content (AvgIpc) is 2.90. The highest BCUT2D eigenvalue weighted by molar-refractivity contribution is 7.89. The number of rotatable bonds is 7. The molecule has 2 fully saturated rings. The van der Waals surface area contributed by atoms with Gasteiger partial charge in [0.2, 0.25) is 15.9 Å². The second-order valence-electron chi connectivity index (χ2n) is 8.83. The number of nitriles is 1. The monoisotopic (exact) mass is 497 g/mol. The van der Waals surface area contributed by atoms with Gasteiger partial charge in [-0.15, -0.1) is 0 Å². The number of ether oxygens (including phenoxy) is 1. The van der Waals surface area contributed by atoms with Crippen molar-refractivity contribution >= 4 is 27.4 Å². The number of carbonyl (C=O) groups is 1. The molecule has 2 saturated heterocycles. The number of anilines is 2. The minimum absolute atomic E-state index is 0.0979. The van der Waals surface area contributed by atoms with Crippen molar-refractivity contribution in [3.63, 3.8) is 0 Å². The number of carbonyl (C=O) groups excluding carboxylic acids is 1. The minimum Gasteiger partial charge on any atom is -0.492 e. The summed E-state index contributed by atoms with van der Waals surface area (Å²) in [6.07, 6.45) is 5.58. The zero-order chi connectivity index (χ0) is 24.8. The molecule has 2 aliphatic heterocycles. The minimum atomic E-state index is -3.72. The van der Waals surface area contributed by atoms with Crippen LogP contribution in [0.4, 0.5) is 11.5 Å². The Morgan fingerprint density at radius 3 is 2.51 bits per heavy atom. The summed E-state index contributed by atoms with van der Waals surface area (Å²) in [6, 6.07) is 10.4. The maximum atomic E-state index is 13.3. The van der Waals surface area contributed by atoms with Crippen LogP contribution in [0, 0.1) is 17.2 Å². The summed E-state index contributed by atoms with van der Waals surface area (Å²) in [5.41, 5.74) is 0.963. The van der Waals surface area contributed by atoms with Gasteiger partial charge in [-0.05, 0) is 62.9 Å². The Hall–Kier alpha value is -3.16. The highest BCUT2D eigenvalue weighted by atomic mass is 32.2. The Morgan fingerprint density at radius 1 is 1.14 bits per heavy atom. The van der Waals surface area contributed by atoms with E-state index in [1.54, 1.807) is 24.4 Å². The van der Waals surface area contributed by atoms with Crippen LogP contribution in [0.3, 0.4) is 0 Å². The molecule has 0 aliphatic carbocycles. The van der Waals surface area contributed by atoms with E-state index in [-0.39, 0.29) is 16.7 Å². The molecule has 1 amide bonds. The van der Waals surface area contributed by atoms with Gasteiger partial charge in [0.15, 0.2) is 0 Å². The Bertz CT molecular complexity index is 1180. The summed E-state index contributed by atoms with van der Waals surface area (Å²) in [5.74, 6) is 0.794. The molecule has 2 aliphatic rings. The van der Waals surface area contributed by atoms with Crippen LogP contribution >= 0.6 is 0 Å². The molecule has 3 heterocycles. The molecule has 4 rings (SSSR count). The number of nitrogens with zero attached hydrogens (tertiary/aromatic N) is 4. The Morgan fingerprint density at radius 2 is 1.89 bits per heavy atom. The van der Waals surface area contributed by atoms with Gasteiger partial charge in [0, 0.05) is 44.0 Å². The van der Waals surface area contributed by atoms with E-state index in [1.807, 2.05) is 13.0 Å². The molecule has 0 spiro atoms. The van der Waals surface area contributed by atoms with E-state index < -0.39 is 10.0 Å². The third-order valence-electron chi connectivity index (χ3n) is 6.51. The summed E-state index contributed by atoms with van der Waals surface area (Å²) in [5, 5.41) is 11.9. The molecule has 0 radical (unpaired) electrons. The van der Waals surface area contributed by atoms with Gasteiger partial charge in [0.05, 0.1) is 12.2 Å². The predicted octanol–water partition coefficient (Wildman–Crippen LogP) is 3.38. The first-order chi connectivity index (χ1) is 16.9. The fraction of sp³-hybridized carbons (Fsp3) is 0.480. The molecule has 1 aromatic heterocycles. The maximum absolute atomic E-state index is 13.3. The van der Waals surface area contributed by atoms with Crippen LogP contribution in [-0.4, -0.2) is 56.4 Å². The summed E-state index contributed by atoms with van der Waals surface area (Å²) in [6.45, 7) is 4.51. The van der Waals surface area contributed by atoms with Crippen LogP contribution in [0.5, 0.6) is 5.75 Å². The average molecular weight is 498 g/mol. The number of aromatic nitrogens is 1. The van der Waals surface area contributed by atoms with Crippen LogP contribution < -0.4 is 15.0 Å². The number of piperidine rings is 2. The van der Waals surface area contributed by atoms with E-state index in [9.17, 15) is 13.2 Å². The van der Waals surface area contributed by atoms with Crippen LogP contribution in [0.1, 0.15) is 44.6 Å². The van der Waals surface area contributed by atoms with Crippen molar-refractivity contribution in [2.24, 2.45) is 5.92 Å². The quantitative estimate of drug-likeness (QED) is 0.623. The van der Waals surface area contributed by atoms with Crippen molar-refractivity contribution in [1.29, 1.82) is 5.26 Å². The number of hydrogen-bond acceptors (Lipinski definition) is 7. The van der Waals surface area contributed by atoms with E-state index in [2.05, 4.69) is 21.3 Å². The fourth-order valence-electron chi connectivity index (χ4n) is 4.56. The molecule has 35 heavy (non-hydrogen) atoms. The molecule has 0 saturated carbocycles. The summed E-state index contributed by atoms with van der Waals surface area (Å²) in [7, 11) is -3.72. The molecule has 10 heteroatoms. The zero-order valence-corrected chi connectivity index (χ0v) is 20.8. The Labute approximate surface area is 206 Å². The van der Waals surface area contributed by atoms with Crippen LogP contribution in [0.25, 0.3) is 0 Å². The number of benzene rings is 1. The SMILES string of the molecule is CCOc1ccc(NC(=O)C2CCN(c3ccc(C#N)cn3)CC2)cc1S(=O)(=O)N1CCCCC1. The lowest BCUT2D eigenvalue weighted by atomic mass is 9.95. The number of sulfonamides is 1. The Balaban J connectivity index is 1.43. The van der Waals surface area contributed by atoms with E-state index in [4.69, 9.17) is 10.00 Å². The molecular weight excluding hydrogens is 466 g/mol. The number of amides is 1. The number of pyridine rings is 1. The zero-order valence-electron chi connectivity index (χ0n) is 19.9. The first-order valence-electron chi connectivity index (χ1n) is 12.1. The third kappa shape index (κ3) is 5.74. The van der Waals surface area contributed by atoms with Gasteiger partial charge in [-0.3, -0.25) is 4.79 Å². The lowest BCUT2D eigenvalue weighted by Crippen LogP contribution is -2.38. The van der Waals surface area contributed by atoms with Crippen LogP contribution in [0.15, 0.2) is 41.4 Å². The molecule has 1 aromatic carbocycles. The topological polar surface area (TPSA) is 116 Å². The van der Waals surface area contributed by atoms with E-state index in [1.165, 1.54) is 10.4 Å². The first-order valence-corrected chi connectivity index (χ1v) is 13.6. The van der Waals surface area contributed by atoms with E-state index >= 15 is 0 Å². The third-order valence-corrected chi connectivity index (χ3v) is 8.43. The fourth-order valence-corrected chi connectivity index (χ4v) is 6.24. The Kier molecular flexibility index (Phi) is 7.88. The predicted molar refractivity (Wildman–Crippen MR) is 133 cm³/mol. The molecule has 9 nitrogen and oxygen atoms in total. The van der Waals surface area contributed by atoms with E-state index in [0.29, 0.717) is 62.6 Å². The van der Waals surface area contributed by atoms with Gasteiger partial charge in [-0.2, -0.15) is 9.57 Å². The summed E-state index contributed by atoms with van der Waals surface area (Å²) < 4.78 is 33.8. The normalized spacial score (nSPS) is 17.5. The van der Waals surface area contributed by atoms with Crippen molar-refractivity contribution in [1.82, 2.24) is 9.29 Å². The van der Waals surface area contributed by atoms with Crippen molar-refractivity contribution in [3.8, 4) is 11.8 Å². The molecular formula is C25H31N5O4S. The van der Waals surface area contributed by atoms with Crippen molar-refractivity contribution in [2.75, 3.05) is 43.0 Å². The highest BCUT2D eigenvalue weighted by Crippen LogP contribution is 2.32. The maximum Gasteiger partial charge on any atom is 0.246 e. The largest absolute Gasteiger partial charge is 0.492 e. The van der Waals surface area contributed by atoms with Gasteiger partial charge in [-0.1, -0.05) is 6.42 Å². The van der Waals surface area contributed by atoms with Crippen LogP contribution in [-0.2, 0) is 14.8 Å². The van der Waals surface area contributed by atoms with Gasteiger partial charge in [0.1, 0.15) is 22.5 Å². The highest BCUT2D eigenvalue weighted by Gasteiger charge is 2.30. The van der Waals surface area contributed by atoms with E-state index in [0.717, 1.165) is 25.1 Å². The van der Waals surface area contributed by atoms with Crippen molar-refractivity contribution in [2.45, 2.75) is 43.9 Å². The van der Waals surface area contributed by atoms with Gasteiger partial charge in [-0.25, -0.2) is 13.4 Å². The smallest absolute Gasteiger partial charge is 0.246 e. The standard InChI is InChI=1S/C25H31N5O4S/c1-2-34-22-8-7-21(16-23(22)35(32,33)30-12-4-3-5-13-30)28-25(31)20-10-14-29(15-11-20)24-9-6-19(17-26)18-27-24/h6-9,16,18,20H,2-5,10-15H2,1H3,(H,28,31).